The highest BCUT2D eigenvalue weighted by Gasteiger charge is 2.50. The second kappa shape index (κ2) is 8.96. The summed E-state index contributed by atoms with van der Waals surface area (Å²) in [4.78, 5) is 54.4. The zero-order valence-corrected chi connectivity index (χ0v) is 20.2. The Bertz CT molecular complexity index is 1270. The maximum Gasteiger partial charge on any atom is 0.316 e. The topological polar surface area (TPSA) is 84.0 Å². The van der Waals surface area contributed by atoms with Crippen molar-refractivity contribution in [1.29, 1.82) is 0 Å². The van der Waals surface area contributed by atoms with Gasteiger partial charge in [0.2, 0.25) is 17.7 Å². The lowest BCUT2D eigenvalue weighted by atomic mass is 9.78. The van der Waals surface area contributed by atoms with Crippen LogP contribution in [0, 0.1) is 30.6 Å². The average Bonchev–Trinajstić information content (AvgIpc) is 3.34. The van der Waals surface area contributed by atoms with E-state index in [2.05, 4.69) is 0 Å². The molecule has 35 heavy (non-hydrogen) atoms. The number of hydrogen-bond donors (Lipinski definition) is 0. The molecule has 180 valence electrons. The molecule has 0 unspecified atom stereocenters. The fraction of sp³-hybridized carbons (Fsp3) is 0.333. The Kier molecular flexibility index (Phi) is 5.97. The predicted molar refractivity (Wildman–Crippen MR) is 131 cm³/mol. The molecule has 2 aromatic rings. The molecule has 4 atom stereocenters. The number of fused-ring (bicyclic) bond motifs is 1. The third-order valence-electron chi connectivity index (χ3n) is 7.16. The molecule has 2 heterocycles. The van der Waals surface area contributed by atoms with Crippen molar-refractivity contribution in [3.05, 3.63) is 65.2 Å². The molecule has 1 aliphatic carbocycles. The van der Waals surface area contributed by atoms with Gasteiger partial charge in [0, 0.05) is 29.7 Å². The van der Waals surface area contributed by atoms with E-state index in [1.54, 1.807) is 41.3 Å². The molecule has 8 heteroatoms. The summed E-state index contributed by atoms with van der Waals surface area (Å²) >= 11 is 6.20. The van der Waals surface area contributed by atoms with Gasteiger partial charge >= 0.3 is 5.97 Å². The van der Waals surface area contributed by atoms with E-state index in [0.29, 0.717) is 22.8 Å². The molecule has 3 amide bonds. The number of nitrogens with zero attached hydrogens (tertiary/aromatic N) is 2. The molecule has 2 aliphatic heterocycles. The van der Waals surface area contributed by atoms with Crippen molar-refractivity contribution in [3.63, 3.8) is 0 Å². The smallest absolute Gasteiger partial charge is 0.316 e. The van der Waals surface area contributed by atoms with Crippen molar-refractivity contribution in [3.8, 4) is 5.75 Å². The van der Waals surface area contributed by atoms with Crippen LogP contribution in [0.2, 0.25) is 5.02 Å². The zero-order chi connectivity index (χ0) is 24.9. The number of halogens is 1. The Morgan fingerprint density at radius 1 is 1.09 bits per heavy atom. The van der Waals surface area contributed by atoms with E-state index in [1.807, 2.05) is 26.0 Å². The van der Waals surface area contributed by atoms with Gasteiger partial charge in [-0.2, -0.15) is 0 Å². The second-order valence-electron chi connectivity index (χ2n) is 9.37. The van der Waals surface area contributed by atoms with E-state index in [0.717, 1.165) is 5.56 Å². The summed E-state index contributed by atoms with van der Waals surface area (Å²) in [6, 6.07) is 11.7. The number of esters is 1. The maximum atomic E-state index is 13.1. The fourth-order valence-electron chi connectivity index (χ4n) is 5.27. The van der Waals surface area contributed by atoms with Crippen LogP contribution in [0.1, 0.15) is 25.3 Å². The molecule has 7 nitrogen and oxygen atoms in total. The van der Waals surface area contributed by atoms with Crippen molar-refractivity contribution < 1.29 is 23.9 Å². The third-order valence-corrected chi connectivity index (χ3v) is 7.56. The highest BCUT2D eigenvalue weighted by molar-refractivity contribution is 6.31. The molecule has 2 saturated heterocycles. The van der Waals surface area contributed by atoms with E-state index in [4.69, 9.17) is 16.3 Å². The van der Waals surface area contributed by atoms with Gasteiger partial charge in [-0.3, -0.25) is 19.2 Å². The standard InChI is InChI=1S/C27H25ClN2O5/c1-15-6-3-9-20-24(15)26(33)30(25(20)32)18-7-4-8-19(13-18)35-27(34)17-12-23(31)29(14-17)22-11-5-10-21(28)16(22)2/h3-8,10-11,13,15,17,20,24H,9,12,14H2,1-2H3/t15-,17+,20+,24+/m0/s1. The van der Waals surface area contributed by atoms with Crippen LogP contribution in [-0.2, 0) is 19.2 Å². The Balaban J connectivity index is 1.31. The largest absolute Gasteiger partial charge is 0.426 e. The van der Waals surface area contributed by atoms with Gasteiger partial charge in [-0.25, -0.2) is 4.90 Å². The Hall–Kier alpha value is -3.45. The van der Waals surface area contributed by atoms with Gasteiger partial charge in [0.1, 0.15) is 5.75 Å². The monoisotopic (exact) mass is 492 g/mol. The van der Waals surface area contributed by atoms with Crippen molar-refractivity contribution in [2.75, 3.05) is 16.3 Å². The van der Waals surface area contributed by atoms with Gasteiger partial charge in [0.15, 0.2) is 0 Å². The second-order valence-corrected chi connectivity index (χ2v) is 9.78. The molecular formula is C27H25ClN2O5. The van der Waals surface area contributed by atoms with Crippen molar-refractivity contribution >= 4 is 46.7 Å². The minimum Gasteiger partial charge on any atom is -0.426 e. The number of anilines is 2. The molecule has 2 fully saturated rings. The first-order valence-corrected chi connectivity index (χ1v) is 12.1. The highest BCUT2D eigenvalue weighted by Crippen LogP contribution is 2.41. The molecule has 2 aromatic carbocycles. The Morgan fingerprint density at radius 3 is 2.63 bits per heavy atom. The summed E-state index contributed by atoms with van der Waals surface area (Å²) in [7, 11) is 0. The van der Waals surface area contributed by atoms with Crippen LogP contribution >= 0.6 is 11.6 Å². The minimum absolute atomic E-state index is 0.0119. The SMILES string of the molecule is Cc1c(Cl)cccc1N1C[C@H](C(=O)Oc2cccc(N3C(=O)[C@@H]4[C@@H](C)C=CC[C@H]4C3=O)c2)CC1=O. The Morgan fingerprint density at radius 2 is 1.86 bits per heavy atom. The van der Waals surface area contributed by atoms with Crippen LogP contribution in [0.25, 0.3) is 0 Å². The number of ether oxygens (including phenoxy) is 1. The quantitative estimate of drug-likeness (QED) is 0.275. The van der Waals surface area contributed by atoms with Crippen LogP contribution in [-0.4, -0.2) is 30.2 Å². The number of imide groups is 1. The third kappa shape index (κ3) is 4.04. The normalized spacial score (nSPS) is 25.9. The fourth-order valence-corrected chi connectivity index (χ4v) is 5.44. The molecule has 0 N–H and O–H groups in total. The number of carbonyl (C=O) groups excluding carboxylic acids is 4. The molecular weight excluding hydrogens is 468 g/mol. The van der Waals surface area contributed by atoms with E-state index in [1.165, 1.54) is 11.0 Å². The van der Waals surface area contributed by atoms with Gasteiger partial charge in [0.25, 0.3) is 0 Å². The summed E-state index contributed by atoms with van der Waals surface area (Å²) in [5.41, 5.74) is 1.83. The molecule has 0 bridgehead atoms. The van der Waals surface area contributed by atoms with Crippen molar-refractivity contribution in [2.45, 2.75) is 26.7 Å². The van der Waals surface area contributed by atoms with Gasteiger partial charge < -0.3 is 9.64 Å². The highest BCUT2D eigenvalue weighted by atomic mass is 35.5. The van der Waals surface area contributed by atoms with Crippen LogP contribution in [0.4, 0.5) is 11.4 Å². The lowest BCUT2D eigenvalue weighted by molar-refractivity contribution is -0.139. The van der Waals surface area contributed by atoms with E-state index >= 15 is 0 Å². The predicted octanol–water partition coefficient (Wildman–Crippen LogP) is 4.31. The van der Waals surface area contributed by atoms with E-state index < -0.39 is 11.9 Å². The van der Waals surface area contributed by atoms with Crippen molar-refractivity contribution in [1.82, 2.24) is 0 Å². The number of hydrogen-bond acceptors (Lipinski definition) is 5. The summed E-state index contributed by atoms with van der Waals surface area (Å²) in [5.74, 6) is -2.34. The number of benzene rings is 2. The first-order valence-electron chi connectivity index (χ1n) is 11.7. The van der Waals surface area contributed by atoms with Crippen LogP contribution in [0.3, 0.4) is 0 Å². The summed E-state index contributed by atoms with van der Waals surface area (Å²) in [6.07, 6.45) is 4.51. The first kappa shape index (κ1) is 23.3. The molecule has 5 rings (SSSR count). The molecule has 0 saturated carbocycles. The van der Waals surface area contributed by atoms with Crippen molar-refractivity contribution in [2.24, 2.45) is 23.7 Å². The summed E-state index contributed by atoms with van der Waals surface area (Å²) in [5, 5.41) is 0.550. The molecule has 0 spiro atoms. The van der Waals surface area contributed by atoms with Crippen LogP contribution < -0.4 is 14.5 Å². The first-order chi connectivity index (χ1) is 16.8. The number of amides is 3. The molecule has 0 radical (unpaired) electrons. The summed E-state index contributed by atoms with van der Waals surface area (Å²) < 4.78 is 5.59. The lowest BCUT2D eigenvalue weighted by Gasteiger charge is -2.22. The zero-order valence-electron chi connectivity index (χ0n) is 19.4. The lowest BCUT2D eigenvalue weighted by Crippen LogP contribution is -2.31. The van der Waals surface area contributed by atoms with Gasteiger partial charge in [-0.15, -0.1) is 0 Å². The van der Waals surface area contributed by atoms with Gasteiger partial charge in [-0.1, -0.05) is 42.8 Å². The molecule has 0 aromatic heterocycles. The minimum atomic E-state index is -0.644. The van der Waals surface area contributed by atoms with Gasteiger partial charge in [-0.05, 0) is 49.1 Å². The van der Waals surface area contributed by atoms with E-state index in [-0.39, 0.29) is 54.2 Å². The van der Waals surface area contributed by atoms with E-state index in [9.17, 15) is 19.2 Å². The number of rotatable bonds is 4. The maximum absolute atomic E-state index is 13.1. The summed E-state index contributed by atoms with van der Waals surface area (Å²) in [6.45, 7) is 3.96. The average molecular weight is 493 g/mol. The molecule has 3 aliphatic rings. The van der Waals surface area contributed by atoms with Crippen LogP contribution in [0.5, 0.6) is 5.75 Å². The number of carbonyl (C=O) groups is 4. The Labute approximate surface area is 208 Å². The number of allylic oxidation sites excluding steroid dienone is 2. The van der Waals surface area contributed by atoms with Gasteiger partial charge in [0.05, 0.1) is 23.4 Å². The van der Waals surface area contributed by atoms with Crippen LogP contribution in [0.15, 0.2) is 54.6 Å².